The Morgan fingerprint density at radius 3 is 2.89 bits per heavy atom. The van der Waals surface area contributed by atoms with Gasteiger partial charge in [-0.1, -0.05) is 56.3 Å². The molecule has 0 heteroatoms. The molecule has 2 aromatic carbocycles. The number of fused-ring (bicyclic) bond motifs is 4. The lowest BCUT2D eigenvalue weighted by Gasteiger charge is -2.21. The van der Waals surface area contributed by atoms with Crippen LogP contribution in [0.4, 0.5) is 0 Å². The van der Waals surface area contributed by atoms with Crippen LogP contribution in [0.1, 0.15) is 13.8 Å². The van der Waals surface area contributed by atoms with E-state index in [-0.39, 0.29) is 5.41 Å². The molecule has 0 atom stereocenters. The van der Waals surface area contributed by atoms with Gasteiger partial charge in [-0.2, -0.15) is 0 Å². The van der Waals surface area contributed by atoms with Crippen LogP contribution in [0.3, 0.4) is 0 Å². The predicted octanol–water partition coefficient (Wildman–Crippen LogP) is 3.11. The van der Waals surface area contributed by atoms with Crippen molar-refractivity contribution in [3.05, 3.63) is 70.6 Å². The minimum atomic E-state index is 0.152. The molecule has 1 radical (unpaired) electrons. The van der Waals surface area contributed by atoms with Gasteiger partial charge in [-0.3, -0.25) is 0 Å². The van der Waals surface area contributed by atoms with Crippen LogP contribution < -0.4 is 10.4 Å². The van der Waals surface area contributed by atoms with Gasteiger partial charge in [-0.05, 0) is 50.6 Å². The van der Waals surface area contributed by atoms with E-state index in [4.69, 9.17) is 0 Å². The lowest BCUT2D eigenvalue weighted by molar-refractivity contribution is 0.621. The molecular weight excluding hydrogens is 228 g/mol. The largest absolute Gasteiger partial charge is 0.0744 e. The number of benzene rings is 2. The van der Waals surface area contributed by atoms with E-state index in [2.05, 4.69) is 68.5 Å². The van der Waals surface area contributed by atoms with E-state index in [9.17, 15) is 0 Å². The van der Waals surface area contributed by atoms with Gasteiger partial charge in [0.25, 0.3) is 0 Å². The number of hydrogen-bond acceptors (Lipinski definition) is 0. The zero-order chi connectivity index (χ0) is 13.0. The summed E-state index contributed by atoms with van der Waals surface area (Å²) in [5, 5.41) is 5.29. The van der Waals surface area contributed by atoms with E-state index >= 15 is 0 Å². The number of rotatable bonds is 0. The molecule has 2 aliphatic carbocycles. The Morgan fingerprint density at radius 2 is 2.00 bits per heavy atom. The summed E-state index contributed by atoms with van der Waals surface area (Å²) in [6, 6.07) is 13.8. The van der Waals surface area contributed by atoms with E-state index in [1.54, 1.807) is 0 Å². The maximum Gasteiger partial charge on any atom is 0.00169 e. The Kier molecular flexibility index (Phi) is 1.98. The van der Waals surface area contributed by atoms with Crippen molar-refractivity contribution in [2.24, 2.45) is 5.41 Å². The topological polar surface area (TPSA) is 0 Å². The Hall–Kier alpha value is -2.08. The average molecular weight is 243 g/mol. The molecule has 4 rings (SSSR count). The monoisotopic (exact) mass is 243 g/mol. The molecule has 91 valence electrons. The van der Waals surface area contributed by atoms with Crippen molar-refractivity contribution in [2.45, 2.75) is 13.8 Å². The third-order valence-electron chi connectivity index (χ3n) is 4.00. The van der Waals surface area contributed by atoms with Crippen LogP contribution in [0.25, 0.3) is 22.4 Å². The third-order valence-corrected chi connectivity index (χ3v) is 4.00. The summed E-state index contributed by atoms with van der Waals surface area (Å²) in [6.07, 6.45) is 9.24. The van der Waals surface area contributed by atoms with Crippen molar-refractivity contribution in [1.82, 2.24) is 0 Å². The molecule has 0 nitrogen and oxygen atoms in total. The van der Waals surface area contributed by atoms with Gasteiger partial charge in [0.1, 0.15) is 0 Å². The number of allylic oxidation sites excluding steroid dienone is 4. The lowest BCUT2D eigenvalue weighted by atomic mass is 9.84. The highest BCUT2D eigenvalue weighted by molar-refractivity contribution is 5.96. The first-order valence-electron chi connectivity index (χ1n) is 6.71. The molecule has 0 unspecified atom stereocenters. The molecule has 19 heavy (non-hydrogen) atoms. The maximum absolute atomic E-state index is 3.21. The standard InChI is InChI=1S/C19H15/c1-19(2)10-9-17-15(12-19)11-14-8-7-13-5-3-4-6-16(13)18(14)17/h3,5-12H,1-2H3. The van der Waals surface area contributed by atoms with Crippen LogP contribution in [0.5, 0.6) is 0 Å². The Morgan fingerprint density at radius 1 is 1.11 bits per heavy atom. The highest BCUT2D eigenvalue weighted by Crippen LogP contribution is 2.32. The smallest absolute Gasteiger partial charge is 0.00169 e. The van der Waals surface area contributed by atoms with Crippen LogP contribution in [-0.2, 0) is 0 Å². The van der Waals surface area contributed by atoms with Crippen LogP contribution >= 0.6 is 0 Å². The van der Waals surface area contributed by atoms with Gasteiger partial charge in [-0.15, -0.1) is 0 Å². The van der Waals surface area contributed by atoms with Gasteiger partial charge < -0.3 is 0 Å². The molecule has 0 aliphatic heterocycles. The summed E-state index contributed by atoms with van der Waals surface area (Å²) in [7, 11) is 0. The molecular formula is C19H15. The average Bonchev–Trinajstić information content (AvgIpc) is 2.74. The molecule has 0 fully saturated rings. The van der Waals surface area contributed by atoms with Crippen molar-refractivity contribution in [1.29, 1.82) is 0 Å². The second kappa shape index (κ2) is 3.48. The van der Waals surface area contributed by atoms with E-state index in [1.165, 1.54) is 32.4 Å². The first kappa shape index (κ1) is 10.8. The molecule has 2 aliphatic rings. The molecule has 2 aromatic rings. The summed E-state index contributed by atoms with van der Waals surface area (Å²) >= 11 is 0. The van der Waals surface area contributed by atoms with Gasteiger partial charge in [-0.25, -0.2) is 0 Å². The molecule has 0 bridgehead atoms. The second-order valence-electron chi connectivity index (χ2n) is 5.99. The van der Waals surface area contributed by atoms with Crippen molar-refractivity contribution in [3.63, 3.8) is 0 Å². The fourth-order valence-electron chi connectivity index (χ4n) is 3.08. The summed E-state index contributed by atoms with van der Waals surface area (Å²) in [5.74, 6) is 0. The predicted molar refractivity (Wildman–Crippen MR) is 80.9 cm³/mol. The Labute approximate surface area is 113 Å². The van der Waals surface area contributed by atoms with Crippen molar-refractivity contribution < 1.29 is 0 Å². The van der Waals surface area contributed by atoms with Gasteiger partial charge in [0.2, 0.25) is 0 Å². The van der Waals surface area contributed by atoms with E-state index in [1.807, 2.05) is 6.07 Å². The SMILES string of the molecule is CC1(C)C=CC2=c3c(ccc4cc[c]cc34)=CC2=C1. The van der Waals surface area contributed by atoms with Gasteiger partial charge in [0.05, 0.1) is 0 Å². The highest BCUT2D eigenvalue weighted by Gasteiger charge is 2.20. The molecule has 0 aromatic heterocycles. The highest BCUT2D eigenvalue weighted by atomic mass is 14.2. The Bertz CT molecular complexity index is 874. The minimum Gasteiger partial charge on any atom is -0.0744 e. The maximum atomic E-state index is 3.21. The summed E-state index contributed by atoms with van der Waals surface area (Å²) in [5.41, 5.74) is 2.87. The minimum absolute atomic E-state index is 0.152. The fourth-order valence-corrected chi connectivity index (χ4v) is 3.08. The fraction of sp³-hybridized carbons (Fsp3) is 0.158. The van der Waals surface area contributed by atoms with E-state index in [0.29, 0.717) is 0 Å². The van der Waals surface area contributed by atoms with Crippen LogP contribution in [-0.4, -0.2) is 0 Å². The van der Waals surface area contributed by atoms with Crippen molar-refractivity contribution in [2.75, 3.05) is 0 Å². The van der Waals surface area contributed by atoms with E-state index in [0.717, 1.165) is 0 Å². The second-order valence-corrected chi connectivity index (χ2v) is 5.99. The Balaban J connectivity index is 2.20. The molecule has 0 saturated heterocycles. The zero-order valence-electron chi connectivity index (χ0n) is 11.2. The first-order chi connectivity index (χ1) is 9.14. The molecule has 0 spiro atoms. The third kappa shape index (κ3) is 1.53. The molecule has 0 N–H and O–H groups in total. The lowest BCUT2D eigenvalue weighted by Crippen LogP contribution is -2.23. The first-order valence-corrected chi connectivity index (χ1v) is 6.71. The van der Waals surface area contributed by atoms with E-state index < -0.39 is 0 Å². The van der Waals surface area contributed by atoms with Crippen LogP contribution in [0.15, 0.2) is 54.1 Å². The van der Waals surface area contributed by atoms with Gasteiger partial charge in [0.15, 0.2) is 0 Å². The quantitative estimate of drug-likeness (QED) is 0.667. The molecule has 0 heterocycles. The van der Waals surface area contributed by atoms with Crippen molar-refractivity contribution >= 4 is 22.4 Å². The van der Waals surface area contributed by atoms with Gasteiger partial charge in [0, 0.05) is 5.41 Å². The molecule has 0 saturated carbocycles. The van der Waals surface area contributed by atoms with Crippen molar-refractivity contribution in [3.8, 4) is 0 Å². The van der Waals surface area contributed by atoms with Gasteiger partial charge >= 0.3 is 0 Å². The summed E-state index contributed by atoms with van der Waals surface area (Å²) in [6.45, 7) is 4.49. The summed E-state index contributed by atoms with van der Waals surface area (Å²) in [4.78, 5) is 0. The number of hydrogen-bond donors (Lipinski definition) is 0. The molecule has 0 amide bonds. The normalized spacial score (nSPS) is 18.8. The zero-order valence-corrected chi connectivity index (χ0v) is 11.2. The summed E-state index contributed by atoms with van der Waals surface area (Å²) < 4.78 is 0. The van der Waals surface area contributed by atoms with Crippen LogP contribution in [0, 0.1) is 11.5 Å². The van der Waals surface area contributed by atoms with Crippen LogP contribution in [0.2, 0.25) is 0 Å².